The largest absolute Gasteiger partial charge is 0.355 e. The summed E-state index contributed by atoms with van der Waals surface area (Å²) >= 11 is 5.89. The second-order valence-electron chi connectivity index (χ2n) is 5.83. The molecule has 0 radical (unpaired) electrons. The minimum Gasteiger partial charge on any atom is -0.355 e. The smallest absolute Gasteiger partial charge is 0.219 e. The minimum atomic E-state index is 0.166. The second-order valence-corrected chi connectivity index (χ2v) is 6.26. The Morgan fingerprint density at radius 3 is 2.42 bits per heavy atom. The van der Waals surface area contributed by atoms with Crippen molar-refractivity contribution in [3.05, 3.63) is 34.9 Å². The highest BCUT2D eigenvalue weighted by molar-refractivity contribution is 6.30. The van der Waals surface area contributed by atoms with Gasteiger partial charge in [-0.15, -0.1) is 0 Å². The molecule has 2 N–H and O–H groups in total. The van der Waals surface area contributed by atoms with Crippen LogP contribution in [0.2, 0.25) is 5.02 Å². The molecule has 0 bridgehead atoms. The van der Waals surface area contributed by atoms with Crippen LogP contribution < -0.4 is 10.6 Å². The van der Waals surface area contributed by atoms with E-state index in [1.165, 1.54) is 0 Å². The predicted octanol–water partition coefficient (Wildman–Crippen LogP) is 1.17. The first-order valence-corrected chi connectivity index (χ1v) is 8.63. The van der Waals surface area contributed by atoms with E-state index in [0.717, 1.165) is 55.8 Å². The Morgan fingerprint density at radius 2 is 1.83 bits per heavy atom. The van der Waals surface area contributed by atoms with Gasteiger partial charge in [0.1, 0.15) is 0 Å². The van der Waals surface area contributed by atoms with Crippen molar-refractivity contribution in [1.29, 1.82) is 0 Å². The average molecular weight is 352 g/mol. The minimum absolute atomic E-state index is 0.166. The predicted molar refractivity (Wildman–Crippen MR) is 98.3 cm³/mol. The van der Waals surface area contributed by atoms with Gasteiger partial charge in [-0.25, -0.2) is 0 Å². The van der Waals surface area contributed by atoms with Gasteiger partial charge in [0.25, 0.3) is 0 Å². The summed E-state index contributed by atoms with van der Waals surface area (Å²) in [5.41, 5.74) is 1.16. The first-order chi connectivity index (χ1) is 11.6. The van der Waals surface area contributed by atoms with Gasteiger partial charge in [-0.3, -0.25) is 14.7 Å². The molecule has 2 rings (SSSR count). The molecule has 1 aliphatic heterocycles. The number of carbonyl (C=O) groups excluding carboxylic acids is 1. The van der Waals surface area contributed by atoms with Crippen molar-refractivity contribution in [1.82, 2.24) is 20.4 Å². The van der Waals surface area contributed by atoms with Gasteiger partial charge in [0.2, 0.25) is 5.91 Å². The summed E-state index contributed by atoms with van der Waals surface area (Å²) in [5.74, 6) is 0.951. The molecule has 0 atom stereocenters. The molecule has 1 fully saturated rings. The highest BCUT2D eigenvalue weighted by Gasteiger charge is 2.17. The Hall–Kier alpha value is -1.79. The maximum absolute atomic E-state index is 11.3. The van der Waals surface area contributed by atoms with Crippen LogP contribution in [-0.4, -0.2) is 68.0 Å². The summed E-state index contributed by atoms with van der Waals surface area (Å²) in [6, 6.07) is 7.76. The fourth-order valence-electron chi connectivity index (χ4n) is 2.63. The van der Waals surface area contributed by atoms with E-state index in [-0.39, 0.29) is 5.91 Å². The van der Waals surface area contributed by atoms with Gasteiger partial charge in [0.15, 0.2) is 5.96 Å². The van der Waals surface area contributed by atoms with Crippen molar-refractivity contribution in [2.45, 2.75) is 13.5 Å². The number of piperazine rings is 1. The fraction of sp³-hybridized carbons (Fsp3) is 0.529. The third kappa shape index (κ3) is 6.02. The summed E-state index contributed by atoms with van der Waals surface area (Å²) in [7, 11) is 1.77. The zero-order valence-corrected chi connectivity index (χ0v) is 15.1. The van der Waals surface area contributed by atoms with Crippen LogP contribution in [0.5, 0.6) is 0 Å². The lowest BCUT2D eigenvalue weighted by Crippen LogP contribution is -2.50. The van der Waals surface area contributed by atoms with E-state index in [1.807, 2.05) is 29.2 Å². The Bertz CT molecular complexity index is 553. The second kappa shape index (κ2) is 9.49. The number of nitrogens with zero attached hydrogens (tertiary/aromatic N) is 3. The normalized spacial score (nSPS) is 16.1. The Balaban J connectivity index is 1.65. The molecular formula is C17H26ClN5O. The molecule has 24 heavy (non-hydrogen) atoms. The monoisotopic (exact) mass is 351 g/mol. The molecule has 0 aromatic heterocycles. The van der Waals surface area contributed by atoms with Crippen molar-refractivity contribution >= 4 is 23.5 Å². The molecule has 6 nitrogen and oxygen atoms in total. The lowest BCUT2D eigenvalue weighted by Gasteiger charge is -2.34. The Labute approximate surface area is 148 Å². The molecule has 7 heteroatoms. The number of hydrogen-bond acceptors (Lipinski definition) is 3. The number of benzene rings is 1. The lowest BCUT2D eigenvalue weighted by atomic mass is 10.2. The molecule has 0 spiro atoms. The van der Waals surface area contributed by atoms with Crippen molar-refractivity contribution in [2.24, 2.45) is 4.99 Å². The van der Waals surface area contributed by atoms with E-state index < -0.39 is 0 Å². The highest BCUT2D eigenvalue weighted by atomic mass is 35.5. The third-order valence-corrected chi connectivity index (χ3v) is 4.39. The maximum atomic E-state index is 11.3. The van der Waals surface area contributed by atoms with Crippen LogP contribution >= 0.6 is 11.6 Å². The summed E-state index contributed by atoms with van der Waals surface area (Å²) in [6.07, 6.45) is 0. The topological polar surface area (TPSA) is 60.0 Å². The third-order valence-electron chi connectivity index (χ3n) is 4.13. The number of aliphatic imine (C=N–C) groups is 1. The maximum Gasteiger partial charge on any atom is 0.219 e. The van der Waals surface area contributed by atoms with Gasteiger partial charge in [-0.1, -0.05) is 23.7 Å². The average Bonchev–Trinajstić information content (AvgIpc) is 2.59. The quantitative estimate of drug-likeness (QED) is 0.617. The number of amides is 1. The van der Waals surface area contributed by atoms with E-state index >= 15 is 0 Å². The van der Waals surface area contributed by atoms with Crippen LogP contribution in [0.1, 0.15) is 12.5 Å². The zero-order valence-electron chi connectivity index (χ0n) is 14.4. The Morgan fingerprint density at radius 1 is 1.17 bits per heavy atom. The number of nitrogens with one attached hydrogen (secondary N) is 2. The summed E-state index contributed by atoms with van der Waals surface area (Å²) in [5, 5.41) is 7.35. The van der Waals surface area contributed by atoms with Gasteiger partial charge < -0.3 is 15.5 Å². The number of guanidine groups is 1. The molecule has 1 saturated heterocycles. The molecule has 0 saturated carbocycles. The van der Waals surface area contributed by atoms with E-state index in [9.17, 15) is 4.79 Å². The number of rotatable bonds is 5. The highest BCUT2D eigenvalue weighted by Crippen LogP contribution is 2.09. The summed E-state index contributed by atoms with van der Waals surface area (Å²) in [6.45, 7) is 7.59. The van der Waals surface area contributed by atoms with E-state index in [0.29, 0.717) is 6.54 Å². The van der Waals surface area contributed by atoms with Gasteiger partial charge >= 0.3 is 0 Å². The Kier molecular flexibility index (Phi) is 7.34. The van der Waals surface area contributed by atoms with Crippen molar-refractivity contribution < 1.29 is 4.79 Å². The number of halogens is 1. The van der Waals surface area contributed by atoms with Crippen LogP contribution in [0.15, 0.2) is 29.3 Å². The number of carbonyl (C=O) groups is 1. The van der Waals surface area contributed by atoms with Crippen LogP contribution in [-0.2, 0) is 11.3 Å². The van der Waals surface area contributed by atoms with Crippen molar-refractivity contribution in [2.75, 3.05) is 46.3 Å². The van der Waals surface area contributed by atoms with Crippen molar-refractivity contribution in [3.8, 4) is 0 Å². The molecule has 1 amide bonds. The van der Waals surface area contributed by atoms with Gasteiger partial charge in [-0.05, 0) is 17.7 Å². The van der Waals surface area contributed by atoms with Crippen LogP contribution in [0.25, 0.3) is 0 Å². The molecule has 1 heterocycles. The summed E-state index contributed by atoms with van der Waals surface area (Å²) in [4.78, 5) is 19.8. The molecule has 1 aromatic rings. The lowest BCUT2D eigenvalue weighted by molar-refractivity contribution is -0.130. The van der Waals surface area contributed by atoms with E-state index in [1.54, 1.807) is 14.0 Å². The first kappa shape index (κ1) is 18.5. The van der Waals surface area contributed by atoms with Gasteiger partial charge in [0, 0.05) is 64.8 Å². The standard InChI is InChI=1S/C17H26ClN5O/c1-14(24)23-11-9-22(10-12-23)8-7-20-17(19-2)21-13-15-3-5-16(18)6-4-15/h3-6H,7-13H2,1-2H3,(H2,19,20,21). The molecular weight excluding hydrogens is 326 g/mol. The van der Waals surface area contributed by atoms with E-state index in [4.69, 9.17) is 11.6 Å². The number of hydrogen-bond donors (Lipinski definition) is 2. The molecule has 0 unspecified atom stereocenters. The molecule has 132 valence electrons. The summed E-state index contributed by atoms with van der Waals surface area (Å²) < 4.78 is 0. The fourth-order valence-corrected chi connectivity index (χ4v) is 2.75. The zero-order chi connectivity index (χ0) is 17.4. The molecule has 1 aromatic carbocycles. The van der Waals surface area contributed by atoms with Gasteiger partial charge in [0.05, 0.1) is 0 Å². The van der Waals surface area contributed by atoms with Crippen molar-refractivity contribution in [3.63, 3.8) is 0 Å². The van der Waals surface area contributed by atoms with Crippen LogP contribution in [0, 0.1) is 0 Å². The first-order valence-electron chi connectivity index (χ1n) is 8.25. The van der Waals surface area contributed by atoms with Crippen LogP contribution in [0.3, 0.4) is 0 Å². The SMILES string of the molecule is CN=C(NCCN1CCN(C(C)=O)CC1)NCc1ccc(Cl)cc1. The molecule has 0 aliphatic carbocycles. The van der Waals surface area contributed by atoms with Crippen LogP contribution in [0.4, 0.5) is 0 Å². The van der Waals surface area contributed by atoms with E-state index in [2.05, 4.69) is 20.5 Å². The van der Waals surface area contributed by atoms with Gasteiger partial charge in [-0.2, -0.15) is 0 Å². The molecule has 1 aliphatic rings.